The number of ether oxygens (including phenoxy) is 1. The fourth-order valence-corrected chi connectivity index (χ4v) is 2.58. The van der Waals surface area contributed by atoms with Gasteiger partial charge in [-0.2, -0.15) is 4.98 Å². The van der Waals surface area contributed by atoms with E-state index in [0.29, 0.717) is 24.3 Å². The van der Waals surface area contributed by atoms with E-state index in [1.807, 2.05) is 0 Å². The molecule has 0 aromatic carbocycles. The molecule has 1 heterocycles. The van der Waals surface area contributed by atoms with Crippen LogP contribution in [0.2, 0.25) is 0 Å². The van der Waals surface area contributed by atoms with Crippen LogP contribution in [0.4, 0.5) is 5.95 Å². The molecule has 2 atom stereocenters. The third kappa shape index (κ3) is 3.32. The first-order chi connectivity index (χ1) is 8.61. The van der Waals surface area contributed by atoms with Crippen molar-refractivity contribution in [2.45, 2.75) is 38.2 Å². The molecular weight excluding hydrogens is 230 g/mol. The molecule has 18 heavy (non-hydrogen) atoms. The summed E-state index contributed by atoms with van der Waals surface area (Å²) in [5.74, 6) is 1.61. The van der Waals surface area contributed by atoms with Crippen LogP contribution in [-0.4, -0.2) is 34.3 Å². The monoisotopic (exact) mass is 251 g/mol. The van der Waals surface area contributed by atoms with Crippen LogP contribution in [0.15, 0.2) is 12.3 Å². The summed E-state index contributed by atoms with van der Waals surface area (Å²) in [6.07, 6.45) is 5.61. The maximum atomic E-state index is 10.5. The molecule has 0 unspecified atom stereocenters. The SMILES string of the molecule is COc1ccnc(NC[C@]2(O)CCC[C@@H](C)C2)n1. The number of nitrogens with zero attached hydrogens (tertiary/aromatic N) is 2. The van der Waals surface area contributed by atoms with E-state index in [9.17, 15) is 5.11 Å². The molecule has 5 heteroatoms. The predicted molar refractivity (Wildman–Crippen MR) is 69.7 cm³/mol. The van der Waals surface area contributed by atoms with Gasteiger partial charge in [-0.15, -0.1) is 0 Å². The summed E-state index contributed by atoms with van der Waals surface area (Å²) in [4.78, 5) is 8.28. The van der Waals surface area contributed by atoms with Gasteiger partial charge in [0, 0.05) is 18.8 Å². The molecule has 1 aromatic heterocycles. The van der Waals surface area contributed by atoms with Gasteiger partial charge in [0.2, 0.25) is 11.8 Å². The van der Waals surface area contributed by atoms with Gasteiger partial charge in [-0.05, 0) is 18.8 Å². The van der Waals surface area contributed by atoms with Crippen LogP contribution in [0.3, 0.4) is 0 Å². The van der Waals surface area contributed by atoms with Crippen LogP contribution in [-0.2, 0) is 0 Å². The van der Waals surface area contributed by atoms with Crippen molar-refractivity contribution in [1.82, 2.24) is 9.97 Å². The maximum absolute atomic E-state index is 10.5. The molecule has 1 saturated carbocycles. The Morgan fingerprint density at radius 2 is 2.44 bits per heavy atom. The standard InChI is InChI=1S/C13H21N3O2/c1-10-4-3-6-13(17,8-10)9-15-12-14-7-5-11(16-12)18-2/h5,7,10,17H,3-4,6,8-9H2,1-2H3,(H,14,15,16)/t10-,13+/m1/s1. The number of hydrogen-bond acceptors (Lipinski definition) is 5. The van der Waals surface area contributed by atoms with Crippen molar-refractivity contribution in [2.24, 2.45) is 5.92 Å². The summed E-state index contributed by atoms with van der Waals surface area (Å²) >= 11 is 0. The minimum absolute atomic E-state index is 0.491. The summed E-state index contributed by atoms with van der Waals surface area (Å²) in [5.41, 5.74) is -0.635. The summed E-state index contributed by atoms with van der Waals surface area (Å²) in [7, 11) is 1.57. The molecule has 0 bridgehead atoms. The highest BCUT2D eigenvalue weighted by Crippen LogP contribution is 2.32. The highest BCUT2D eigenvalue weighted by Gasteiger charge is 2.32. The number of nitrogens with one attached hydrogen (secondary N) is 1. The fraction of sp³-hybridized carbons (Fsp3) is 0.692. The molecule has 0 spiro atoms. The Morgan fingerprint density at radius 1 is 1.61 bits per heavy atom. The molecule has 0 amide bonds. The van der Waals surface area contributed by atoms with Gasteiger partial charge >= 0.3 is 0 Å². The lowest BCUT2D eigenvalue weighted by molar-refractivity contribution is -0.000906. The van der Waals surface area contributed by atoms with Crippen molar-refractivity contribution in [1.29, 1.82) is 0 Å². The van der Waals surface area contributed by atoms with Crippen molar-refractivity contribution in [3.05, 3.63) is 12.3 Å². The van der Waals surface area contributed by atoms with Crippen LogP contribution in [0.5, 0.6) is 5.88 Å². The average Bonchev–Trinajstić information content (AvgIpc) is 2.37. The Morgan fingerprint density at radius 3 is 3.17 bits per heavy atom. The van der Waals surface area contributed by atoms with Gasteiger partial charge in [0.25, 0.3) is 0 Å². The Bertz CT molecular complexity index is 400. The highest BCUT2D eigenvalue weighted by molar-refractivity contribution is 5.28. The number of rotatable bonds is 4. The quantitative estimate of drug-likeness (QED) is 0.854. The van der Waals surface area contributed by atoms with Gasteiger partial charge in [-0.1, -0.05) is 19.8 Å². The summed E-state index contributed by atoms with van der Waals surface area (Å²) < 4.78 is 5.04. The molecule has 0 radical (unpaired) electrons. The third-order valence-electron chi connectivity index (χ3n) is 3.48. The first kappa shape index (κ1) is 13.1. The third-order valence-corrected chi connectivity index (χ3v) is 3.48. The Labute approximate surface area is 108 Å². The molecule has 1 aliphatic rings. The van der Waals surface area contributed by atoms with E-state index in [1.165, 1.54) is 6.42 Å². The van der Waals surface area contributed by atoms with Crippen molar-refractivity contribution >= 4 is 5.95 Å². The van der Waals surface area contributed by atoms with Crippen molar-refractivity contribution < 1.29 is 9.84 Å². The largest absolute Gasteiger partial charge is 0.481 e. The molecule has 1 aromatic rings. The van der Waals surface area contributed by atoms with Gasteiger partial charge < -0.3 is 15.2 Å². The van der Waals surface area contributed by atoms with E-state index in [2.05, 4.69) is 22.2 Å². The number of aliphatic hydroxyl groups is 1. The second kappa shape index (κ2) is 5.52. The van der Waals surface area contributed by atoms with E-state index in [0.717, 1.165) is 19.3 Å². The van der Waals surface area contributed by atoms with Crippen LogP contribution in [0, 0.1) is 5.92 Å². The lowest BCUT2D eigenvalue weighted by Gasteiger charge is -2.35. The predicted octanol–water partition coefficient (Wildman–Crippen LogP) is 1.84. The lowest BCUT2D eigenvalue weighted by atomic mass is 9.79. The van der Waals surface area contributed by atoms with Crippen LogP contribution in [0.1, 0.15) is 32.6 Å². The zero-order valence-corrected chi connectivity index (χ0v) is 11.0. The second-order valence-corrected chi connectivity index (χ2v) is 5.20. The van der Waals surface area contributed by atoms with E-state index in [-0.39, 0.29) is 0 Å². The first-order valence-electron chi connectivity index (χ1n) is 6.45. The topological polar surface area (TPSA) is 67.3 Å². The first-order valence-corrected chi connectivity index (χ1v) is 6.45. The molecule has 0 aliphatic heterocycles. The molecule has 2 N–H and O–H groups in total. The molecule has 0 saturated heterocycles. The van der Waals surface area contributed by atoms with E-state index >= 15 is 0 Å². The maximum Gasteiger partial charge on any atom is 0.226 e. The van der Waals surface area contributed by atoms with E-state index in [4.69, 9.17) is 4.74 Å². The summed E-state index contributed by atoms with van der Waals surface area (Å²) in [6.45, 7) is 2.68. The van der Waals surface area contributed by atoms with Gasteiger partial charge in [-0.25, -0.2) is 4.98 Å². The van der Waals surface area contributed by atoms with Gasteiger partial charge in [0.15, 0.2) is 0 Å². The van der Waals surface area contributed by atoms with Gasteiger partial charge in [-0.3, -0.25) is 0 Å². The Kier molecular flexibility index (Phi) is 4.01. The minimum Gasteiger partial charge on any atom is -0.481 e. The van der Waals surface area contributed by atoms with Gasteiger partial charge in [0.05, 0.1) is 12.7 Å². The Hall–Kier alpha value is -1.36. The zero-order valence-electron chi connectivity index (χ0n) is 11.0. The van der Waals surface area contributed by atoms with E-state index in [1.54, 1.807) is 19.4 Å². The van der Waals surface area contributed by atoms with Crippen molar-refractivity contribution in [3.63, 3.8) is 0 Å². The second-order valence-electron chi connectivity index (χ2n) is 5.20. The minimum atomic E-state index is -0.635. The van der Waals surface area contributed by atoms with Crippen molar-refractivity contribution in [3.8, 4) is 5.88 Å². The molecular formula is C13H21N3O2. The molecule has 100 valence electrons. The normalized spacial score (nSPS) is 27.8. The molecule has 1 fully saturated rings. The highest BCUT2D eigenvalue weighted by atomic mass is 16.5. The van der Waals surface area contributed by atoms with Crippen LogP contribution >= 0.6 is 0 Å². The number of methoxy groups -OCH3 is 1. The number of aromatic nitrogens is 2. The van der Waals surface area contributed by atoms with Gasteiger partial charge in [0.1, 0.15) is 0 Å². The summed E-state index contributed by atoms with van der Waals surface area (Å²) in [6, 6.07) is 1.70. The smallest absolute Gasteiger partial charge is 0.226 e. The van der Waals surface area contributed by atoms with Crippen molar-refractivity contribution in [2.75, 3.05) is 19.0 Å². The van der Waals surface area contributed by atoms with E-state index < -0.39 is 5.60 Å². The van der Waals surface area contributed by atoms with Crippen LogP contribution < -0.4 is 10.1 Å². The molecule has 2 rings (SSSR count). The summed E-state index contributed by atoms with van der Waals surface area (Å²) in [5, 5.41) is 13.6. The molecule has 1 aliphatic carbocycles. The number of hydrogen-bond donors (Lipinski definition) is 2. The Balaban J connectivity index is 1.93. The molecule has 5 nitrogen and oxygen atoms in total. The lowest BCUT2D eigenvalue weighted by Crippen LogP contribution is -2.41. The van der Waals surface area contributed by atoms with Crippen LogP contribution in [0.25, 0.3) is 0 Å². The zero-order chi connectivity index (χ0) is 13.0. The fourth-order valence-electron chi connectivity index (χ4n) is 2.58. The average molecular weight is 251 g/mol. The number of anilines is 1.